The van der Waals surface area contributed by atoms with Crippen LogP contribution in [-0.4, -0.2) is 10.7 Å². The van der Waals surface area contributed by atoms with Crippen LogP contribution in [0.1, 0.15) is 21.9 Å². The largest absolute Gasteiger partial charge is 0.469 e. The molecule has 1 aromatic carbocycles. The molecule has 2 aromatic heterocycles. The van der Waals surface area contributed by atoms with E-state index >= 15 is 0 Å². The van der Waals surface area contributed by atoms with Crippen LogP contribution in [0.2, 0.25) is 0 Å². The monoisotopic (exact) mass is 348 g/mol. The van der Waals surface area contributed by atoms with Gasteiger partial charge in [0.15, 0.2) is 0 Å². The zero-order valence-corrected chi connectivity index (χ0v) is 13.6. The molecule has 7 nitrogen and oxygen atoms in total. The van der Waals surface area contributed by atoms with Crippen molar-refractivity contribution in [3.05, 3.63) is 81.5 Å². The third-order valence-corrected chi connectivity index (χ3v) is 3.72. The standard InChI is InChI=1S/C19H12N2O5/c1-12-17(7-8-25-12)19(22)14(11-20)10-16-5-6-18(26-16)13-3-2-4-15(9-13)21(23)24/h2-10H,1H3/b14-10+. The van der Waals surface area contributed by atoms with E-state index in [-0.39, 0.29) is 17.0 Å². The molecular formula is C19H12N2O5. The first-order valence-electron chi connectivity index (χ1n) is 7.55. The number of allylic oxidation sites excluding steroid dienone is 1. The van der Waals surface area contributed by atoms with Crippen LogP contribution in [0.4, 0.5) is 5.69 Å². The van der Waals surface area contributed by atoms with Crippen LogP contribution in [0.15, 0.2) is 63.1 Å². The van der Waals surface area contributed by atoms with Crippen molar-refractivity contribution in [1.29, 1.82) is 5.26 Å². The van der Waals surface area contributed by atoms with Gasteiger partial charge in [0.1, 0.15) is 28.9 Å². The summed E-state index contributed by atoms with van der Waals surface area (Å²) in [5.41, 5.74) is 0.673. The fraction of sp³-hybridized carbons (Fsp3) is 0.0526. The van der Waals surface area contributed by atoms with Gasteiger partial charge >= 0.3 is 0 Å². The molecule has 0 fully saturated rings. The van der Waals surface area contributed by atoms with Gasteiger partial charge in [-0.2, -0.15) is 5.26 Å². The highest BCUT2D eigenvalue weighted by Gasteiger charge is 2.17. The average Bonchev–Trinajstić information content (AvgIpc) is 3.28. The summed E-state index contributed by atoms with van der Waals surface area (Å²) in [5, 5.41) is 20.2. The number of nitro groups is 1. The van der Waals surface area contributed by atoms with Gasteiger partial charge in [0, 0.05) is 23.8 Å². The van der Waals surface area contributed by atoms with Gasteiger partial charge in [-0.25, -0.2) is 0 Å². The molecule has 3 rings (SSSR count). The molecule has 128 valence electrons. The fourth-order valence-corrected chi connectivity index (χ4v) is 2.41. The maximum absolute atomic E-state index is 12.4. The minimum atomic E-state index is -0.493. The lowest BCUT2D eigenvalue weighted by atomic mass is 10.0. The summed E-state index contributed by atoms with van der Waals surface area (Å²) in [4.78, 5) is 22.8. The van der Waals surface area contributed by atoms with Crippen LogP contribution in [-0.2, 0) is 0 Å². The van der Waals surface area contributed by atoms with Crippen molar-refractivity contribution in [2.45, 2.75) is 6.92 Å². The Hall–Kier alpha value is -3.92. The molecule has 0 aliphatic heterocycles. The van der Waals surface area contributed by atoms with E-state index in [4.69, 9.17) is 8.83 Å². The van der Waals surface area contributed by atoms with E-state index in [9.17, 15) is 20.2 Å². The van der Waals surface area contributed by atoms with Crippen LogP contribution in [0, 0.1) is 28.4 Å². The molecule has 0 aliphatic rings. The molecule has 0 radical (unpaired) electrons. The van der Waals surface area contributed by atoms with E-state index in [1.54, 1.807) is 31.2 Å². The number of benzene rings is 1. The molecule has 0 N–H and O–H groups in total. The van der Waals surface area contributed by atoms with Gasteiger partial charge in [-0.15, -0.1) is 0 Å². The quantitative estimate of drug-likeness (QED) is 0.220. The summed E-state index contributed by atoms with van der Waals surface area (Å²) in [6, 6.07) is 12.6. The van der Waals surface area contributed by atoms with Crippen molar-refractivity contribution in [1.82, 2.24) is 0 Å². The van der Waals surface area contributed by atoms with E-state index < -0.39 is 10.7 Å². The van der Waals surface area contributed by atoms with Crippen molar-refractivity contribution >= 4 is 17.5 Å². The van der Waals surface area contributed by atoms with Gasteiger partial charge in [0.25, 0.3) is 5.69 Å². The summed E-state index contributed by atoms with van der Waals surface area (Å²) in [6.45, 7) is 1.63. The number of Topliss-reactive ketones (excluding diaryl/α,β-unsaturated/α-hetero) is 1. The minimum Gasteiger partial charge on any atom is -0.469 e. The van der Waals surface area contributed by atoms with Crippen LogP contribution in [0.5, 0.6) is 0 Å². The highest BCUT2D eigenvalue weighted by molar-refractivity contribution is 6.14. The SMILES string of the molecule is Cc1occc1C(=O)/C(C#N)=C/c1ccc(-c2cccc([N+](=O)[O-])c2)o1. The number of carbonyl (C=O) groups is 1. The Kier molecular flexibility index (Phi) is 4.50. The normalized spacial score (nSPS) is 11.2. The van der Waals surface area contributed by atoms with Crippen molar-refractivity contribution in [3.63, 3.8) is 0 Å². The Morgan fingerprint density at radius 3 is 2.73 bits per heavy atom. The Balaban J connectivity index is 1.92. The van der Waals surface area contributed by atoms with Crippen molar-refractivity contribution < 1.29 is 18.6 Å². The molecule has 3 aromatic rings. The number of nitro benzene ring substituents is 1. The molecule has 0 atom stereocenters. The molecule has 0 aliphatic carbocycles. The van der Waals surface area contributed by atoms with Crippen LogP contribution < -0.4 is 0 Å². The number of rotatable bonds is 5. The summed E-state index contributed by atoms with van der Waals surface area (Å²) < 4.78 is 10.7. The van der Waals surface area contributed by atoms with Crippen molar-refractivity contribution in [2.24, 2.45) is 0 Å². The zero-order valence-electron chi connectivity index (χ0n) is 13.6. The number of hydrogen-bond donors (Lipinski definition) is 0. The molecule has 26 heavy (non-hydrogen) atoms. The summed E-state index contributed by atoms with van der Waals surface area (Å²) in [6.07, 6.45) is 2.71. The first-order valence-corrected chi connectivity index (χ1v) is 7.55. The number of non-ortho nitro benzene ring substituents is 1. The van der Waals surface area contributed by atoms with E-state index in [2.05, 4.69) is 0 Å². The first kappa shape index (κ1) is 16.9. The predicted molar refractivity (Wildman–Crippen MR) is 92.2 cm³/mol. The van der Waals surface area contributed by atoms with Gasteiger partial charge in [0.05, 0.1) is 16.7 Å². The molecule has 7 heteroatoms. The smallest absolute Gasteiger partial charge is 0.270 e. The molecule has 0 unspecified atom stereocenters. The second-order valence-corrected chi connectivity index (χ2v) is 5.40. The second-order valence-electron chi connectivity index (χ2n) is 5.40. The fourth-order valence-electron chi connectivity index (χ4n) is 2.41. The van der Waals surface area contributed by atoms with Crippen LogP contribution in [0.25, 0.3) is 17.4 Å². The minimum absolute atomic E-state index is 0.0562. The van der Waals surface area contributed by atoms with Gasteiger partial charge in [-0.3, -0.25) is 14.9 Å². The van der Waals surface area contributed by atoms with Crippen LogP contribution in [0.3, 0.4) is 0 Å². The molecule has 0 spiro atoms. The first-order chi connectivity index (χ1) is 12.5. The molecule has 2 heterocycles. The summed E-state index contributed by atoms with van der Waals surface area (Å²) in [7, 11) is 0. The number of nitriles is 1. The third-order valence-electron chi connectivity index (χ3n) is 3.72. The van der Waals surface area contributed by atoms with Crippen LogP contribution >= 0.6 is 0 Å². The Morgan fingerprint density at radius 1 is 1.27 bits per heavy atom. The maximum Gasteiger partial charge on any atom is 0.270 e. The maximum atomic E-state index is 12.4. The average molecular weight is 348 g/mol. The highest BCUT2D eigenvalue weighted by atomic mass is 16.6. The molecule has 0 saturated carbocycles. The number of carbonyl (C=O) groups excluding carboxylic acids is 1. The Morgan fingerprint density at radius 2 is 2.08 bits per heavy atom. The van der Waals surface area contributed by atoms with Crippen molar-refractivity contribution in [3.8, 4) is 17.4 Å². The highest BCUT2D eigenvalue weighted by Crippen LogP contribution is 2.27. The van der Waals surface area contributed by atoms with Gasteiger partial charge in [-0.1, -0.05) is 12.1 Å². The Labute approximate surface area is 147 Å². The zero-order chi connectivity index (χ0) is 18.7. The molecular weight excluding hydrogens is 336 g/mol. The molecule has 0 amide bonds. The second kappa shape index (κ2) is 6.91. The lowest BCUT2D eigenvalue weighted by molar-refractivity contribution is -0.384. The summed E-state index contributed by atoms with van der Waals surface area (Å²) in [5.74, 6) is 0.640. The number of aryl methyl sites for hydroxylation is 1. The number of furan rings is 2. The van der Waals surface area contributed by atoms with Gasteiger partial charge < -0.3 is 8.83 Å². The lowest BCUT2D eigenvalue weighted by Crippen LogP contribution is -2.01. The van der Waals surface area contributed by atoms with E-state index in [0.717, 1.165) is 0 Å². The topological polar surface area (TPSA) is 110 Å². The van der Waals surface area contributed by atoms with E-state index in [1.165, 1.54) is 30.5 Å². The summed E-state index contributed by atoms with van der Waals surface area (Å²) >= 11 is 0. The number of ketones is 1. The Bertz CT molecular complexity index is 1070. The van der Waals surface area contributed by atoms with E-state index in [1.807, 2.05) is 6.07 Å². The molecule has 0 bridgehead atoms. The van der Waals surface area contributed by atoms with Gasteiger partial charge in [0.2, 0.25) is 5.78 Å². The van der Waals surface area contributed by atoms with Crippen molar-refractivity contribution in [2.75, 3.05) is 0 Å². The number of nitrogens with zero attached hydrogens (tertiary/aromatic N) is 2. The lowest BCUT2D eigenvalue weighted by Gasteiger charge is -1.98. The molecule has 0 saturated heterocycles. The van der Waals surface area contributed by atoms with Gasteiger partial charge in [-0.05, 0) is 25.1 Å². The third kappa shape index (κ3) is 3.30. The van der Waals surface area contributed by atoms with E-state index in [0.29, 0.717) is 22.6 Å². The predicted octanol–water partition coefficient (Wildman–Crippen LogP) is 4.55. The number of hydrogen-bond acceptors (Lipinski definition) is 6.